The number of aromatic nitrogens is 1. The highest BCUT2D eigenvalue weighted by Gasteiger charge is 2.13. The first-order valence-corrected chi connectivity index (χ1v) is 8.57. The van der Waals surface area contributed by atoms with Gasteiger partial charge in [0, 0.05) is 17.7 Å². The van der Waals surface area contributed by atoms with Gasteiger partial charge in [-0.15, -0.1) is 0 Å². The van der Waals surface area contributed by atoms with Crippen molar-refractivity contribution in [3.8, 4) is 23.0 Å². The lowest BCUT2D eigenvalue weighted by Gasteiger charge is -2.07. The summed E-state index contributed by atoms with van der Waals surface area (Å²) in [6.45, 7) is 2.06. The summed E-state index contributed by atoms with van der Waals surface area (Å²) in [6, 6.07) is 10.9. The number of oxazole rings is 1. The average molecular weight is 354 g/mol. The molecule has 0 saturated heterocycles. The van der Waals surface area contributed by atoms with Gasteiger partial charge in [-0.2, -0.15) is 0 Å². The van der Waals surface area contributed by atoms with E-state index in [0.29, 0.717) is 40.6 Å². The summed E-state index contributed by atoms with van der Waals surface area (Å²) in [7, 11) is 3.18. The molecule has 6 heteroatoms. The largest absolute Gasteiger partial charge is 0.493 e. The zero-order valence-corrected chi connectivity index (χ0v) is 15.2. The van der Waals surface area contributed by atoms with Crippen molar-refractivity contribution in [2.24, 2.45) is 0 Å². The van der Waals surface area contributed by atoms with Gasteiger partial charge in [-0.05, 0) is 42.8 Å². The topological polar surface area (TPSA) is 73.6 Å². The average Bonchev–Trinajstić information content (AvgIpc) is 3.09. The van der Waals surface area contributed by atoms with E-state index in [1.807, 2.05) is 36.4 Å². The van der Waals surface area contributed by atoms with Crippen molar-refractivity contribution < 1.29 is 18.7 Å². The molecule has 0 aliphatic heterocycles. The minimum absolute atomic E-state index is 0.00908. The second-order valence-electron chi connectivity index (χ2n) is 5.92. The molecule has 0 saturated carbocycles. The smallest absolute Gasteiger partial charge is 0.227 e. The fourth-order valence-electron chi connectivity index (χ4n) is 2.66. The SMILES string of the molecule is CCCCC(=O)Nc1ccc2oc(-c3ccc(OC)c(OC)c3)nc2c1. The van der Waals surface area contributed by atoms with Crippen LogP contribution < -0.4 is 14.8 Å². The van der Waals surface area contributed by atoms with Gasteiger partial charge in [0.05, 0.1) is 14.2 Å². The molecule has 0 unspecified atom stereocenters. The lowest BCUT2D eigenvalue weighted by atomic mass is 10.2. The zero-order chi connectivity index (χ0) is 18.5. The second-order valence-corrected chi connectivity index (χ2v) is 5.92. The maximum Gasteiger partial charge on any atom is 0.227 e. The number of amides is 1. The molecule has 0 atom stereocenters. The number of nitrogens with one attached hydrogen (secondary N) is 1. The number of hydrogen-bond acceptors (Lipinski definition) is 5. The van der Waals surface area contributed by atoms with E-state index in [1.54, 1.807) is 14.2 Å². The van der Waals surface area contributed by atoms with Crippen LogP contribution in [0.4, 0.5) is 5.69 Å². The van der Waals surface area contributed by atoms with E-state index in [0.717, 1.165) is 18.4 Å². The number of unbranched alkanes of at least 4 members (excludes halogenated alkanes) is 1. The van der Waals surface area contributed by atoms with Crippen molar-refractivity contribution in [1.82, 2.24) is 4.98 Å². The molecule has 1 N–H and O–H groups in total. The molecule has 3 aromatic rings. The molecule has 1 aromatic heterocycles. The predicted molar refractivity (Wildman–Crippen MR) is 101 cm³/mol. The fourth-order valence-corrected chi connectivity index (χ4v) is 2.66. The number of nitrogens with zero attached hydrogens (tertiary/aromatic N) is 1. The van der Waals surface area contributed by atoms with Crippen molar-refractivity contribution in [2.45, 2.75) is 26.2 Å². The second kappa shape index (κ2) is 7.91. The van der Waals surface area contributed by atoms with Gasteiger partial charge in [-0.25, -0.2) is 4.98 Å². The Morgan fingerprint density at radius 3 is 2.65 bits per heavy atom. The third-order valence-corrected chi connectivity index (χ3v) is 4.06. The van der Waals surface area contributed by atoms with Crippen LogP contribution in [0.1, 0.15) is 26.2 Å². The highest BCUT2D eigenvalue weighted by Crippen LogP contribution is 2.33. The first-order valence-electron chi connectivity index (χ1n) is 8.57. The van der Waals surface area contributed by atoms with Crippen LogP contribution in [0.3, 0.4) is 0 Å². The van der Waals surface area contributed by atoms with Gasteiger partial charge in [-0.1, -0.05) is 13.3 Å². The monoisotopic (exact) mass is 354 g/mol. The Morgan fingerprint density at radius 2 is 1.92 bits per heavy atom. The molecule has 6 nitrogen and oxygen atoms in total. The summed E-state index contributed by atoms with van der Waals surface area (Å²) in [4.78, 5) is 16.4. The van der Waals surface area contributed by atoms with Crippen LogP contribution in [-0.4, -0.2) is 25.1 Å². The number of ether oxygens (including phenoxy) is 2. The first kappa shape index (κ1) is 17.8. The van der Waals surface area contributed by atoms with Crippen LogP contribution in [0, 0.1) is 0 Å². The van der Waals surface area contributed by atoms with Crippen LogP contribution in [0.25, 0.3) is 22.6 Å². The van der Waals surface area contributed by atoms with Crippen LogP contribution in [0.5, 0.6) is 11.5 Å². The molecule has 0 spiro atoms. The predicted octanol–water partition coefficient (Wildman–Crippen LogP) is 4.64. The molecule has 2 aromatic carbocycles. The van der Waals surface area contributed by atoms with Gasteiger partial charge in [-0.3, -0.25) is 4.79 Å². The minimum Gasteiger partial charge on any atom is -0.493 e. The highest BCUT2D eigenvalue weighted by molar-refractivity contribution is 5.93. The van der Waals surface area contributed by atoms with Crippen molar-refractivity contribution in [1.29, 1.82) is 0 Å². The molecular formula is C20H22N2O4. The molecule has 0 aliphatic rings. The van der Waals surface area contributed by atoms with Crippen molar-refractivity contribution in [2.75, 3.05) is 19.5 Å². The van der Waals surface area contributed by atoms with Crippen LogP contribution >= 0.6 is 0 Å². The standard InChI is InChI=1S/C20H22N2O4/c1-4-5-6-19(23)21-14-8-10-16-15(12-14)22-20(26-16)13-7-9-17(24-2)18(11-13)25-3/h7-12H,4-6H2,1-3H3,(H,21,23). The zero-order valence-electron chi connectivity index (χ0n) is 15.2. The molecule has 0 bridgehead atoms. The minimum atomic E-state index is 0.00908. The molecule has 26 heavy (non-hydrogen) atoms. The number of methoxy groups -OCH3 is 2. The number of carbonyl (C=O) groups excluding carboxylic acids is 1. The Kier molecular flexibility index (Phi) is 5.41. The summed E-state index contributed by atoms with van der Waals surface area (Å²) in [5, 5.41) is 2.89. The lowest BCUT2D eigenvalue weighted by Crippen LogP contribution is -2.10. The number of benzene rings is 2. The first-order chi connectivity index (χ1) is 12.6. The van der Waals surface area contributed by atoms with E-state index >= 15 is 0 Å². The Hall–Kier alpha value is -3.02. The van der Waals surface area contributed by atoms with Gasteiger partial charge in [0.2, 0.25) is 11.8 Å². The lowest BCUT2D eigenvalue weighted by molar-refractivity contribution is -0.116. The van der Waals surface area contributed by atoms with Gasteiger partial charge in [0.25, 0.3) is 0 Å². The summed E-state index contributed by atoms with van der Waals surface area (Å²) in [5.74, 6) is 1.74. The Morgan fingerprint density at radius 1 is 1.12 bits per heavy atom. The van der Waals surface area contributed by atoms with Gasteiger partial charge < -0.3 is 19.2 Å². The number of rotatable bonds is 7. The van der Waals surface area contributed by atoms with Gasteiger partial charge in [0.1, 0.15) is 5.52 Å². The molecule has 0 radical (unpaired) electrons. The normalized spacial score (nSPS) is 10.7. The molecule has 3 rings (SSSR count). The molecule has 1 amide bonds. The molecule has 136 valence electrons. The number of hydrogen-bond donors (Lipinski definition) is 1. The van der Waals surface area contributed by atoms with Gasteiger partial charge >= 0.3 is 0 Å². The number of fused-ring (bicyclic) bond motifs is 1. The van der Waals surface area contributed by atoms with E-state index in [-0.39, 0.29) is 5.91 Å². The van der Waals surface area contributed by atoms with Crippen LogP contribution in [-0.2, 0) is 4.79 Å². The van der Waals surface area contributed by atoms with E-state index < -0.39 is 0 Å². The molecule has 0 aliphatic carbocycles. The van der Waals surface area contributed by atoms with E-state index in [4.69, 9.17) is 13.9 Å². The van der Waals surface area contributed by atoms with Crippen LogP contribution in [0.15, 0.2) is 40.8 Å². The van der Waals surface area contributed by atoms with Crippen molar-refractivity contribution in [3.63, 3.8) is 0 Å². The van der Waals surface area contributed by atoms with E-state index in [9.17, 15) is 4.79 Å². The third-order valence-electron chi connectivity index (χ3n) is 4.06. The molecule has 0 fully saturated rings. The Balaban J connectivity index is 1.86. The molecule has 1 heterocycles. The number of carbonyl (C=O) groups is 1. The fraction of sp³-hybridized carbons (Fsp3) is 0.300. The van der Waals surface area contributed by atoms with Crippen molar-refractivity contribution >= 4 is 22.7 Å². The van der Waals surface area contributed by atoms with Crippen molar-refractivity contribution in [3.05, 3.63) is 36.4 Å². The third kappa shape index (κ3) is 3.79. The number of anilines is 1. The van der Waals surface area contributed by atoms with E-state index in [1.165, 1.54) is 0 Å². The summed E-state index contributed by atoms with van der Waals surface area (Å²) >= 11 is 0. The quantitative estimate of drug-likeness (QED) is 0.669. The van der Waals surface area contributed by atoms with Gasteiger partial charge in [0.15, 0.2) is 17.1 Å². The maximum absolute atomic E-state index is 11.9. The van der Waals surface area contributed by atoms with E-state index in [2.05, 4.69) is 17.2 Å². The summed E-state index contributed by atoms with van der Waals surface area (Å²) in [6.07, 6.45) is 2.39. The molecular weight excluding hydrogens is 332 g/mol. The summed E-state index contributed by atoms with van der Waals surface area (Å²) < 4.78 is 16.4. The Bertz CT molecular complexity index is 917. The summed E-state index contributed by atoms with van der Waals surface area (Å²) in [5.41, 5.74) is 2.84. The maximum atomic E-state index is 11.9. The highest BCUT2D eigenvalue weighted by atomic mass is 16.5. The van der Waals surface area contributed by atoms with Crippen LogP contribution in [0.2, 0.25) is 0 Å². The Labute approximate surface area is 152 Å².